The van der Waals surface area contributed by atoms with Crippen LogP contribution in [-0.2, 0) is 0 Å². The van der Waals surface area contributed by atoms with Gasteiger partial charge in [-0.2, -0.15) is 0 Å². The highest BCUT2D eigenvalue weighted by molar-refractivity contribution is 6.12. The second-order valence-electron chi connectivity index (χ2n) is 12.9. The molecule has 3 nitrogen and oxygen atoms in total. The third-order valence-electron chi connectivity index (χ3n) is 10.0. The summed E-state index contributed by atoms with van der Waals surface area (Å²) in [6.07, 6.45) is 0. The molecule has 10 rings (SSSR count). The first kappa shape index (κ1) is 29.1. The zero-order chi connectivity index (χ0) is 33.7. The molecule has 0 radical (unpaired) electrons. The molecule has 0 saturated heterocycles. The molecule has 0 atom stereocenters. The Bertz CT molecular complexity index is 2790. The van der Waals surface area contributed by atoms with E-state index < -0.39 is 0 Å². The normalized spacial score (nSPS) is 11.5. The van der Waals surface area contributed by atoms with Gasteiger partial charge in [0.25, 0.3) is 0 Å². The van der Waals surface area contributed by atoms with E-state index >= 15 is 0 Å². The van der Waals surface area contributed by atoms with E-state index in [1.165, 1.54) is 32.9 Å². The van der Waals surface area contributed by atoms with E-state index in [0.717, 1.165) is 55.8 Å². The lowest BCUT2D eigenvalue weighted by atomic mass is 9.98. The molecule has 0 bridgehead atoms. The van der Waals surface area contributed by atoms with Gasteiger partial charge in [0.15, 0.2) is 0 Å². The number of aromatic nitrogens is 1. The van der Waals surface area contributed by atoms with Gasteiger partial charge in [0.05, 0.1) is 16.7 Å². The van der Waals surface area contributed by atoms with E-state index in [-0.39, 0.29) is 0 Å². The summed E-state index contributed by atoms with van der Waals surface area (Å²) in [7, 11) is 0. The van der Waals surface area contributed by atoms with Crippen molar-refractivity contribution in [2.24, 2.45) is 0 Å². The van der Waals surface area contributed by atoms with Crippen molar-refractivity contribution < 1.29 is 4.42 Å². The van der Waals surface area contributed by atoms with Gasteiger partial charge in [-0.3, -0.25) is 0 Å². The van der Waals surface area contributed by atoms with Gasteiger partial charge in [-0.1, -0.05) is 127 Å². The van der Waals surface area contributed by atoms with Crippen LogP contribution in [0.2, 0.25) is 0 Å². The summed E-state index contributed by atoms with van der Waals surface area (Å²) in [5, 5.41) is 4.80. The molecule has 0 amide bonds. The lowest BCUT2D eigenvalue weighted by Gasteiger charge is -2.28. The van der Waals surface area contributed by atoms with E-state index in [0.29, 0.717) is 0 Å². The predicted octanol–water partition coefficient (Wildman–Crippen LogP) is 13.5. The molecular formula is C48H32N2O. The third kappa shape index (κ3) is 4.82. The Morgan fingerprint density at radius 1 is 0.373 bits per heavy atom. The first-order valence-corrected chi connectivity index (χ1v) is 17.4. The Morgan fingerprint density at radius 2 is 0.902 bits per heavy atom. The Hall–Kier alpha value is -6.84. The number of para-hydroxylation sites is 4. The van der Waals surface area contributed by atoms with Crippen molar-refractivity contribution in [2.45, 2.75) is 0 Å². The molecular weight excluding hydrogens is 621 g/mol. The molecule has 0 aliphatic rings. The maximum Gasteiger partial charge on any atom is 0.136 e. The van der Waals surface area contributed by atoms with Crippen molar-refractivity contribution in [1.82, 2.24) is 4.57 Å². The highest BCUT2D eigenvalue weighted by Crippen LogP contribution is 2.43. The molecule has 0 saturated carbocycles. The smallest absolute Gasteiger partial charge is 0.136 e. The number of fused-ring (bicyclic) bond motifs is 6. The number of furan rings is 1. The zero-order valence-electron chi connectivity index (χ0n) is 27.8. The van der Waals surface area contributed by atoms with E-state index in [1.807, 2.05) is 12.1 Å². The van der Waals surface area contributed by atoms with E-state index in [1.54, 1.807) is 0 Å². The van der Waals surface area contributed by atoms with E-state index in [2.05, 4.69) is 191 Å². The maximum absolute atomic E-state index is 6.22. The van der Waals surface area contributed by atoms with Gasteiger partial charge < -0.3 is 13.9 Å². The third-order valence-corrected chi connectivity index (χ3v) is 10.0. The number of hydrogen-bond acceptors (Lipinski definition) is 2. The minimum Gasteiger partial charge on any atom is -0.456 e. The Balaban J connectivity index is 1.12. The van der Waals surface area contributed by atoms with Crippen LogP contribution in [-0.4, -0.2) is 4.57 Å². The molecule has 0 fully saturated rings. The highest BCUT2D eigenvalue weighted by atomic mass is 16.3. The minimum absolute atomic E-state index is 0.902. The largest absolute Gasteiger partial charge is 0.456 e. The lowest BCUT2D eigenvalue weighted by molar-refractivity contribution is 0.669. The number of benzene rings is 8. The van der Waals surface area contributed by atoms with Crippen molar-refractivity contribution in [1.29, 1.82) is 0 Å². The maximum atomic E-state index is 6.22. The molecule has 8 aromatic carbocycles. The average Bonchev–Trinajstić information content (AvgIpc) is 3.75. The summed E-state index contributed by atoms with van der Waals surface area (Å²) in [5.41, 5.74) is 13.3. The molecule has 51 heavy (non-hydrogen) atoms. The first-order chi connectivity index (χ1) is 25.3. The standard InChI is InChI=1S/C48H32N2O/c1-2-13-33(14-3-1)38-15-4-8-20-43(38)49(35-27-25-34(26-28-35)39-19-12-24-47-48(39)42-18-7-11-23-46(42)51-47)36-29-31-37(32-30-36)50-44-21-9-5-16-40(44)41-17-6-10-22-45(41)50/h1-32H. The fourth-order valence-corrected chi connectivity index (χ4v) is 7.71. The molecule has 240 valence electrons. The number of rotatable bonds is 6. The summed E-state index contributed by atoms with van der Waals surface area (Å²) in [6.45, 7) is 0. The quantitative estimate of drug-likeness (QED) is 0.178. The minimum atomic E-state index is 0.902. The Kier molecular flexibility index (Phi) is 6.81. The highest BCUT2D eigenvalue weighted by Gasteiger charge is 2.19. The Morgan fingerprint density at radius 3 is 1.63 bits per heavy atom. The molecule has 0 spiro atoms. The summed E-state index contributed by atoms with van der Waals surface area (Å²) >= 11 is 0. The second-order valence-corrected chi connectivity index (χ2v) is 12.9. The van der Waals surface area contributed by atoms with Crippen molar-refractivity contribution >= 4 is 60.8 Å². The topological polar surface area (TPSA) is 21.3 Å². The van der Waals surface area contributed by atoms with Crippen molar-refractivity contribution in [2.75, 3.05) is 4.90 Å². The van der Waals surface area contributed by atoms with Gasteiger partial charge in [0.2, 0.25) is 0 Å². The molecule has 0 aliphatic carbocycles. The van der Waals surface area contributed by atoms with Crippen LogP contribution < -0.4 is 4.90 Å². The van der Waals surface area contributed by atoms with E-state index in [4.69, 9.17) is 4.42 Å². The van der Waals surface area contributed by atoms with Crippen LogP contribution in [0.25, 0.3) is 71.7 Å². The molecule has 3 heteroatoms. The predicted molar refractivity (Wildman–Crippen MR) is 214 cm³/mol. The summed E-state index contributed by atoms with van der Waals surface area (Å²) in [5.74, 6) is 0. The van der Waals surface area contributed by atoms with Gasteiger partial charge in [-0.05, 0) is 83.4 Å². The zero-order valence-corrected chi connectivity index (χ0v) is 27.8. The van der Waals surface area contributed by atoms with Gasteiger partial charge in [-0.15, -0.1) is 0 Å². The molecule has 0 N–H and O–H groups in total. The molecule has 2 heterocycles. The van der Waals surface area contributed by atoms with Crippen LogP contribution in [0, 0.1) is 0 Å². The van der Waals surface area contributed by atoms with Crippen molar-refractivity contribution in [3.8, 4) is 27.9 Å². The first-order valence-electron chi connectivity index (χ1n) is 17.4. The van der Waals surface area contributed by atoms with Crippen LogP contribution in [0.15, 0.2) is 199 Å². The molecule has 2 aromatic heterocycles. The second kappa shape index (κ2) is 11.9. The van der Waals surface area contributed by atoms with Gasteiger partial charge in [0.1, 0.15) is 11.2 Å². The van der Waals surface area contributed by atoms with Crippen LogP contribution in [0.4, 0.5) is 17.1 Å². The number of nitrogens with zero attached hydrogens (tertiary/aromatic N) is 2. The SMILES string of the molecule is c1ccc(-c2ccccc2N(c2ccc(-c3cccc4oc5ccccc5c34)cc2)c2ccc(-n3c4ccccc4c4ccccc43)cc2)cc1. The summed E-state index contributed by atoms with van der Waals surface area (Å²) in [6, 6.07) is 69.1. The van der Waals surface area contributed by atoms with Crippen molar-refractivity contribution in [3.05, 3.63) is 194 Å². The number of hydrogen-bond donors (Lipinski definition) is 0. The summed E-state index contributed by atoms with van der Waals surface area (Å²) in [4.78, 5) is 2.37. The van der Waals surface area contributed by atoms with Crippen LogP contribution in [0.5, 0.6) is 0 Å². The fraction of sp³-hybridized carbons (Fsp3) is 0. The van der Waals surface area contributed by atoms with E-state index in [9.17, 15) is 0 Å². The van der Waals surface area contributed by atoms with Crippen LogP contribution in [0.3, 0.4) is 0 Å². The molecule has 10 aromatic rings. The van der Waals surface area contributed by atoms with Crippen molar-refractivity contribution in [3.63, 3.8) is 0 Å². The Labute approximate surface area is 295 Å². The molecule has 0 unspecified atom stereocenters. The average molecular weight is 653 g/mol. The van der Waals surface area contributed by atoms with Gasteiger partial charge >= 0.3 is 0 Å². The van der Waals surface area contributed by atoms with Crippen LogP contribution in [0.1, 0.15) is 0 Å². The van der Waals surface area contributed by atoms with Gasteiger partial charge in [-0.25, -0.2) is 0 Å². The summed E-state index contributed by atoms with van der Waals surface area (Å²) < 4.78 is 8.59. The number of anilines is 3. The lowest BCUT2D eigenvalue weighted by Crippen LogP contribution is -2.11. The molecule has 0 aliphatic heterocycles. The van der Waals surface area contributed by atoms with Gasteiger partial charge in [0, 0.05) is 44.2 Å². The monoisotopic (exact) mass is 652 g/mol. The fourth-order valence-electron chi connectivity index (χ4n) is 7.71. The van der Waals surface area contributed by atoms with Crippen LogP contribution >= 0.6 is 0 Å².